The molecule has 2 heterocycles. The van der Waals surface area contributed by atoms with Crippen LogP contribution in [0.15, 0.2) is 74.1 Å². The molecule has 4 nitrogen and oxygen atoms in total. The number of rotatable bonds is 12. The van der Waals surface area contributed by atoms with Gasteiger partial charge in [-0.05, 0) is 69.3 Å². The number of para-hydroxylation sites is 1. The number of pyridine rings is 1. The van der Waals surface area contributed by atoms with Gasteiger partial charge >= 0.3 is 0 Å². The lowest BCUT2D eigenvalue weighted by Gasteiger charge is -2.46. The lowest BCUT2D eigenvalue weighted by atomic mass is 9.84. The highest BCUT2D eigenvalue weighted by Crippen LogP contribution is 2.34. The molecule has 0 unspecified atom stereocenters. The first-order valence-electron chi connectivity index (χ1n) is 13.9. The van der Waals surface area contributed by atoms with Gasteiger partial charge in [0.25, 0.3) is 0 Å². The summed E-state index contributed by atoms with van der Waals surface area (Å²) in [6.07, 6.45) is 17.8. The maximum absolute atomic E-state index is 14.4. The molecule has 5 rings (SSSR count). The van der Waals surface area contributed by atoms with E-state index in [4.69, 9.17) is 0 Å². The topological polar surface area (TPSA) is 24.3 Å². The summed E-state index contributed by atoms with van der Waals surface area (Å²) in [6, 6.07) is 13.9. The molecule has 0 aliphatic heterocycles. The van der Waals surface area contributed by atoms with Crippen LogP contribution in [0.1, 0.15) is 62.5 Å². The summed E-state index contributed by atoms with van der Waals surface area (Å²) in [5.41, 5.74) is 3.24. The van der Waals surface area contributed by atoms with Gasteiger partial charge in [0, 0.05) is 61.1 Å². The van der Waals surface area contributed by atoms with Gasteiger partial charge in [-0.25, -0.2) is 4.98 Å². The number of allylic oxidation sites excluding steroid dienone is 2. The van der Waals surface area contributed by atoms with Crippen LogP contribution >= 0.6 is 0 Å². The van der Waals surface area contributed by atoms with Gasteiger partial charge in [-0.1, -0.05) is 62.4 Å². The summed E-state index contributed by atoms with van der Waals surface area (Å²) in [6.45, 7) is 10.3. The van der Waals surface area contributed by atoms with Crippen molar-refractivity contribution in [3.63, 3.8) is 0 Å². The minimum atomic E-state index is -0.346. The van der Waals surface area contributed by atoms with E-state index in [0.29, 0.717) is 12.1 Å². The number of halogens is 1. The molecule has 2 aliphatic carbocycles. The first-order valence-corrected chi connectivity index (χ1v) is 13.9. The van der Waals surface area contributed by atoms with Crippen LogP contribution in [0.3, 0.4) is 0 Å². The molecular formula is C32H43FN4. The Morgan fingerprint density at radius 3 is 2.19 bits per heavy atom. The van der Waals surface area contributed by atoms with E-state index in [9.17, 15) is 4.39 Å². The highest BCUT2D eigenvalue weighted by molar-refractivity contribution is 5.83. The third kappa shape index (κ3) is 7.18. The first-order chi connectivity index (χ1) is 18.1. The quantitative estimate of drug-likeness (QED) is 0.148. The van der Waals surface area contributed by atoms with Gasteiger partial charge in [-0.15, -0.1) is 0 Å². The SMILES string of the molecule is C=CC=C.Cn1cc(CN(CCCCN(C2CCC2)C2CCC2)Cc2cccnc2F)c2ccccc21. The molecule has 0 atom stereocenters. The fourth-order valence-electron chi connectivity index (χ4n) is 5.51. The molecule has 5 heteroatoms. The van der Waals surface area contributed by atoms with Gasteiger partial charge in [0.1, 0.15) is 0 Å². The molecule has 0 spiro atoms. The van der Waals surface area contributed by atoms with Crippen LogP contribution < -0.4 is 0 Å². The molecule has 2 saturated carbocycles. The predicted molar refractivity (Wildman–Crippen MR) is 153 cm³/mol. The van der Waals surface area contributed by atoms with Crippen LogP contribution in [0.4, 0.5) is 4.39 Å². The van der Waals surface area contributed by atoms with E-state index in [0.717, 1.165) is 31.6 Å². The zero-order valence-electron chi connectivity index (χ0n) is 22.5. The highest BCUT2D eigenvalue weighted by Gasteiger charge is 2.33. The second-order valence-electron chi connectivity index (χ2n) is 10.5. The van der Waals surface area contributed by atoms with Crippen LogP contribution in [0.2, 0.25) is 0 Å². The maximum Gasteiger partial charge on any atom is 0.217 e. The van der Waals surface area contributed by atoms with Crippen LogP contribution in [0.5, 0.6) is 0 Å². The molecule has 2 aromatic heterocycles. The molecule has 0 N–H and O–H groups in total. The van der Waals surface area contributed by atoms with E-state index in [1.54, 1.807) is 12.2 Å². The largest absolute Gasteiger partial charge is 0.350 e. The summed E-state index contributed by atoms with van der Waals surface area (Å²) in [4.78, 5) is 9.10. The third-order valence-corrected chi connectivity index (χ3v) is 8.00. The summed E-state index contributed by atoms with van der Waals surface area (Å²) in [5.74, 6) is -0.346. The lowest BCUT2D eigenvalue weighted by molar-refractivity contribution is 0.0383. The van der Waals surface area contributed by atoms with E-state index < -0.39 is 0 Å². The standard InChI is InChI=1S/C28H37FN4.C4H6/c1-31-19-23(26-14-2-3-15-27(26)31)21-32(20-22-9-8-16-30-28(22)29)17-4-5-18-33(24-10-6-11-24)25-12-7-13-25;1-3-4-2/h2-3,8-9,14-16,19,24-25H,4-7,10-13,17-18,20-21H2,1H3;3-4H,1-2H2. The molecule has 2 aliphatic rings. The van der Waals surface area contributed by atoms with Gasteiger partial charge in [-0.3, -0.25) is 9.80 Å². The van der Waals surface area contributed by atoms with E-state index in [2.05, 4.69) is 70.0 Å². The third-order valence-electron chi connectivity index (χ3n) is 8.00. The van der Waals surface area contributed by atoms with Crippen molar-refractivity contribution in [2.75, 3.05) is 13.1 Å². The molecular weight excluding hydrogens is 459 g/mol. The van der Waals surface area contributed by atoms with Gasteiger partial charge < -0.3 is 4.57 Å². The molecule has 3 aromatic rings. The van der Waals surface area contributed by atoms with E-state index in [1.807, 2.05) is 12.1 Å². The minimum Gasteiger partial charge on any atom is -0.350 e. The van der Waals surface area contributed by atoms with Crippen LogP contribution in [0.25, 0.3) is 10.9 Å². The second kappa shape index (κ2) is 13.7. The first kappa shape index (κ1) is 27.3. The average molecular weight is 503 g/mol. The second-order valence-corrected chi connectivity index (χ2v) is 10.5. The zero-order chi connectivity index (χ0) is 26.0. The van der Waals surface area contributed by atoms with E-state index >= 15 is 0 Å². The van der Waals surface area contributed by atoms with Gasteiger partial charge in [-0.2, -0.15) is 4.39 Å². The Hall–Kier alpha value is -2.76. The Labute approximate surface area is 222 Å². The van der Waals surface area contributed by atoms with Crippen molar-refractivity contribution in [2.45, 2.75) is 76.5 Å². The fraction of sp³-hybridized carbons (Fsp3) is 0.469. The number of benzene rings is 1. The minimum absolute atomic E-state index is 0.346. The van der Waals surface area contributed by atoms with Crippen molar-refractivity contribution in [3.05, 3.63) is 91.2 Å². The zero-order valence-corrected chi connectivity index (χ0v) is 22.5. The Bertz CT molecular complexity index is 1120. The highest BCUT2D eigenvalue weighted by atomic mass is 19.1. The van der Waals surface area contributed by atoms with Gasteiger partial charge in [0.05, 0.1) is 0 Å². The number of nitrogens with zero attached hydrogens (tertiary/aromatic N) is 4. The van der Waals surface area contributed by atoms with Crippen LogP contribution in [0, 0.1) is 5.95 Å². The van der Waals surface area contributed by atoms with Gasteiger partial charge in [0.15, 0.2) is 0 Å². The normalized spacial score (nSPS) is 15.8. The molecule has 198 valence electrons. The number of aromatic nitrogens is 2. The predicted octanol–water partition coefficient (Wildman–Crippen LogP) is 7.26. The number of hydrogen-bond donors (Lipinski definition) is 0. The molecule has 1 aromatic carbocycles. The van der Waals surface area contributed by atoms with E-state index in [-0.39, 0.29) is 5.95 Å². The van der Waals surface area contributed by atoms with Crippen molar-refractivity contribution < 1.29 is 4.39 Å². The van der Waals surface area contributed by atoms with Crippen molar-refractivity contribution in [1.82, 2.24) is 19.4 Å². The molecule has 0 amide bonds. The Morgan fingerprint density at radius 1 is 0.919 bits per heavy atom. The Morgan fingerprint density at radius 2 is 1.57 bits per heavy atom. The average Bonchev–Trinajstić information content (AvgIpc) is 3.16. The number of hydrogen-bond acceptors (Lipinski definition) is 3. The fourth-order valence-corrected chi connectivity index (χ4v) is 5.51. The lowest BCUT2D eigenvalue weighted by Crippen LogP contribution is -2.49. The van der Waals surface area contributed by atoms with Crippen LogP contribution in [-0.2, 0) is 20.1 Å². The Kier molecular flexibility index (Phi) is 10.1. The molecule has 0 saturated heterocycles. The molecule has 0 bridgehead atoms. The molecule has 37 heavy (non-hydrogen) atoms. The number of unbranched alkanes of at least 4 members (excludes halogenated alkanes) is 1. The van der Waals surface area contributed by atoms with E-state index in [1.165, 1.54) is 74.2 Å². The number of fused-ring (bicyclic) bond motifs is 1. The summed E-state index contributed by atoms with van der Waals surface area (Å²) in [7, 11) is 2.10. The van der Waals surface area contributed by atoms with Crippen molar-refractivity contribution in [3.8, 4) is 0 Å². The number of aryl methyl sites for hydroxylation is 1. The monoisotopic (exact) mass is 502 g/mol. The van der Waals surface area contributed by atoms with Crippen molar-refractivity contribution in [2.24, 2.45) is 7.05 Å². The summed E-state index contributed by atoms with van der Waals surface area (Å²) < 4.78 is 16.6. The van der Waals surface area contributed by atoms with Gasteiger partial charge in [0.2, 0.25) is 5.95 Å². The summed E-state index contributed by atoms with van der Waals surface area (Å²) in [5, 5.41) is 1.29. The molecule has 0 radical (unpaired) electrons. The Balaban J connectivity index is 0.000000747. The van der Waals surface area contributed by atoms with Crippen molar-refractivity contribution in [1.29, 1.82) is 0 Å². The molecule has 2 fully saturated rings. The maximum atomic E-state index is 14.4. The van der Waals surface area contributed by atoms with Crippen LogP contribution in [-0.4, -0.2) is 44.5 Å². The van der Waals surface area contributed by atoms with Crippen molar-refractivity contribution >= 4 is 10.9 Å². The smallest absolute Gasteiger partial charge is 0.217 e. The summed E-state index contributed by atoms with van der Waals surface area (Å²) >= 11 is 0.